The summed E-state index contributed by atoms with van der Waals surface area (Å²) in [5, 5.41) is 19.8. The normalized spacial score (nSPS) is 15.2. The van der Waals surface area contributed by atoms with Gasteiger partial charge in [-0.25, -0.2) is 0 Å². The van der Waals surface area contributed by atoms with Crippen LogP contribution in [0.15, 0.2) is 24.3 Å². The van der Waals surface area contributed by atoms with E-state index in [4.69, 9.17) is 10.5 Å². The van der Waals surface area contributed by atoms with Crippen molar-refractivity contribution in [1.82, 2.24) is 0 Å². The molecule has 1 aromatic carbocycles. The highest BCUT2D eigenvalue weighted by molar-refractivity contribution is 5.48. The van der Waals surface area contributed by atoms with Crippen LogP contribution in [-0.4, -0.2) is 28.7 Å². The van der Waals surface area contributed by atoms with Crippen LogP contribution in [0.4, 0.5) is 5.69 Å². The van der Waals surface area contributed by atoms with E-state index in [9.17, 15) is 10.2 Å². The first-order chi connectivity index (χ1) is 8.97. The number of nitrogens with two attached hydrogens (primary N) is 1. The van der Waals surface area contributed by atoms with Gasteiger partial charge in [0.25, 0.3) is 0 Å². The van der Waals surface area contributed by atoms with Crippen LogP contribution in [0.25, 0.3) is 0 Å². The Bertz CT molecular complexity index is 391. The first-order valence-electron chi connectivity index (χ1n) is 6.82. The minimum atomic E-state index is -1.19. The zero-order valence-corrected chi connectivity index (χ0v) is 12.0. The van der Waals surface area contributed by atoms with Crippen molar-refractivity contribution in [2.24, 2.45) is 0 Å². The van der Waals surface area contributed by atoms with Gasteiger partial charge in [-0.2, -0.15) is 0 Å². The molecule has 0 amide bonds. The number of rotatable bonds is 7. The van der Waals surface area contributed by atoms with Crippen LogP contribution in [0, 0.1) is 0 Å². The summed E-state index contributed by atoms with van der Waals surface area (Å²) in [5.41, 5.74) is 7.54. The number of ether oxygens (including phenoxy) is 1. The minimum Gasteiger partial charge on any atom is -0.398 e. The number of aliphatic hydroxyl groups is 2. The SMILES string of the molecule is CCC(O)(CC)OC(CO)C(C)c1ccccc1N. The molecule has 0 saturated heterocycles. The molecule has 0 bridgehead atoms. The van der Waals surface area contributed by atoms with E-state index in [0.717, 1.165) is 5.56 Å². The number of hydrogen-bond donors (Lipinski definition) is 3. The molecule has 0 saturated carbocycles. The van der Waals surface area contributed by atoms with Gasteiger partial charge in [0.1, 0.15) is 0 Å². The molecule has 4 N–H and O–H groups in total. The average molecular weight is 267 g/mol. The standard InChI is InChI=1S/C15H25NO3/c1-4-15(18,5-2)19-14(10-17)11(3)12-8-6-7-9-13(12)16/h6-9,11,14,17-18H,4-5,10,16H2,1-3H3. The number of hydrogen-bond acceptors (Lipinski definition) is 4. The predicted molar refractivity (Wildman–Crippen MR) is 76.8 cm³/mol. The van der Waals surface area contributed by atoms with Crippen LogP contribution < -0.4 is 5.73 Å². The van der Waals surface area contributed by atoms with E-state index in [-0.39, 0.29) is 12.5 Å². The highest BCUT2D eigenvalue weighted by atomic mass is 16.6. The highest BCUT2D eigenvalue weighted by Crippen LogP contribution is 2.30. The maximum atomic E-state index is 10.2. The summed E-state index contributed by atoms with van der Waals surface area (Å²) < 4.78 is 5.71. The van der Waals surface area contributed by atoms with E-state index in [1.807, 2.05) is 45.0 Å². The van der Waals surface area contributed by atoms with E-state index in [2.05, 4.69) is 0 Å². The minimum absolute atomic E-state index is 0.0872. The van der Waals surface area contributed by atoms with E-state index in [0.29, 0.717) is 18.5 Å². The van der Waals surface area contributed by atoms with Gasteiger partial charge in [-0.05, 0) is 24.5 Å². The number of aliphatic hydroxyl groups excluding tert-OH is 1. The monoisotopic (exact) mass is 267 g/mol. The van der Waals surface area contributed by atoms with E-state index in [1.165, 1.54) is 0 Å². The molecule has 0 aliphatic carbocycles. The molecule has 2 unspecified atom stereocenters. The van der Waals surface area contributed by atoms with Crippen molar-refractivity contribution in [3.8, 4) is 0 Å². The summed E-state index contributed by atoms with van der Waals surface area (Å²) in [5.74, 6) is -1.28. The quantitative estimate of drug-likeness (QED) is 0.523. The van der Waals surface area contributed by atoms with Gasteiger partial charge < -0.3 is 20.7 Å². The maximum absolute atomic E-state index is 10.2. The van der Waals surface area contributed by atoms with Crippen molar-refractivity contribution >= 4 is 5.69 Å². The summed E-state index contributed by atoms with van der Waals surface area (Å²) in [6.07, 6.45) is 0.489. The number of benzene rings is 1. The topological polar surface area (TPSA) is 75.7 Å². The largest absolute Gasteiger partial charge is 0.398 e. The van der Waals surface area contributed by atoms with Gasteiger partial charge in [-0.1, -0.05) is 39.0 Å². The van der Waals surface area contributed by atoms with Gasteiger partial charge in [0, 0.05) is 11.6 Å². The number of anilines is 1. The summed E-state index contributed by atoms with van der Waals surface area (Å²) in [6, 6.07) is 7.52. The fourth-order valence-electron chi connectivity index (χ4n) is 2.12. The second-order valence-corrected chi connectivity index (χ2v) is 4.91. The van der Waals surface area contributed by atoms with Gasteiger partial charge in [-0.15, -0.1) is 0 Å². The Morgan fingerprint density at radius 3 is 2.32 bits per heavy atom. The third-order valence-corrected chi connectivity index (χ3v) is 3.70. The Morgan fingerprint density at radius 1 is 1.26 bits per heavy atom. The third kappa shape index (κ3) is 3.93. The molecule has 19 heavy (non-hydrogen) atoms. The molecule has 0 aliphatic rings. The van der Waals surface area contributed by atoms with Gasteiger partial charge in [0.2, 0.25) is 0 Å². The molecule has 0 heterocycles. The lowest BCUT2D eigenvalue weighted by molar-refractivity contribution is -0.242. The summed E-state index contributed by atoms with van der Waals surface area (Å²) in [7, 11) is 0. The van der Waals surface area contributed by atoms with E-state index in [1.54, 1.807) is 0 Å². The first kappa shape index (κ1) is 16.0. The molecule has 2 atom stereocenters. The van der Waals surface area contributed by atoms with Crippen molar-refractivity contribution < 1.29 is 14.9 Å². The molecule has 1 rings (SSSR count). The molecule has 0 spiro atoms. The van der Waals surface area contributed by atoms with Gasteiger partial charge >= 0.3 is 0 Å². The fraction of sp³-hybridized carbons (Fsp3) is 0.600. The Kier molecular flexibility index (Phi) is 5.79. The molecule has 4 heteroatoms. The predicted octanol–water partition coefficient (Wildman–Crippen LogP) is 2.26. The Hall–Kier alpha value is -1.10. The molecule has 4 nitrogen and oxygen atoms in total. The maximum Gasteiger partial charge on any atom is 0.165 e. The van der Waals surface area contributed by atoms with Crippen LogP contribution in [0.3, 0.4) is 0 Å². The summed E-state index contributed by atoms with van der Waals surface area (Å²) >= 11 is 0. The van der Waals surface area contributed by atoms with Gasteiger partial charge in [0.15, 0.2) is 5.79 Å². The molecule has 1 aromatic rings. The Morgan fingerprint density at radius 2 is 1.84 bits per heavy atom. The number of nitrogen functional groups attached to an aromatic ring is 1. The lowest BCUT2D eigenvalue weighted by Gasteiger charge is -2.33. The molecule has 0 radical (unpaired) electrons. The summed E-state index contributed by atoms with van der Waals surface area (Å²) in [4.78, 5) is 0. The lowest BCUT2D eigenvalue weighted by atomic mass is 9.93. The van der Waals surface area contributed by atoms with Gasteiger partial charge in [-0.3, -0.25) is 0 Å². The highest BCUT2D eigenvalue weighted by Gasteiger charge is 2.31. The second-order valence-electron chi connectivity index (χ2n) is 4.91. The van der Waals surface area contributed by atoms with Crippen LogP contribution in [0.2, 0.25) is 0 Å². The van der Waals surface area contributed by atoms with Crippen LogP contribution >= 0.6 is 0 Å². The van der Waals surface area contributed by atoms with E-state index < -0.39 is 11.9 Å². The van der Waals surface area contributed by atoms with Gasteiger partial charge in [0.05, 0.1) is 12.7 Å². The number of para-hydroxylation sites is 1. The Labute approximate surface area is 115 Å². The van der Waals surface area contributed by atoms with Crippen molar-refractivity contribution in [1.29, 1.82) is 0 Å². The molecular formula is C15H25NO3. The summed E-state index contributed by atoms with van der Waals surface area (Å²) in [6.45, 7) is 5.51. The van der Waals surface area contributed by atoms with Crippen molar-refractivity contribution in [3.05, 3.63) is 29.8 Å². The molecule has 0 aliphatic heterocycles. The third-order valence-electron chi connectivity index (χ3n) is 3.70. The Balaban J connectivity index is 2.89. The average Bonchev–Trinajstić information content (AvgIpc) is 2.44. The first-order valence-corrected chi connectivity index (χ1v) is 6.82. The van der Waals surface area contributed by atoms with Crippen LogP contribution in [0.1, 0.15) is 45.1 Å². The van der Waals surface area contributed by atoms with E-state index >= 15 is 0 Å². The lowest BCUT2D eigenvalue weighted by Crippen LogP contribution is -2.39. The fourth-order valence-corrected chi connectivity index (χ4v) is 2.12. The zero-order chi connectivity index (χ0) is 14.5. The van der Waals surface area contributed by atoms with Crippen molar-refractivity contribution in [3.63, 3.8) is 0 Å². The molecular weight excluding hydrogens is 242 g/mol. The molecule has 0 aromatic heterocycles. The van der Waals surface area contributed by atoms with Crippen molar-refractivity contribution in [2.45, 2.75) is 51.4 Å². The van der Waals surface area contributed by atoms with Crippen LogP contribution in [-0.2, 0) is 4.74 Å². The smallest absolute Gasteiger partial charge is 0.165 e. The zero-order valence-electron chi connectivity index (χ0n) is 12.0. The molecule has 108 valence electrons. The van der Waals surface area contributed by atoms with Crippen LogP contribution in [0.5, 0.6) is 0 Å². The van der Waals surface area contributed by atoms with Crippen molar-refractivity contribution in [2.75, 3.05) is 12.3 Å². The second kappa shape index (κ2) is 6.89. The molecule has 0 fully saturated rings.